The summed E-state index contributed by atoms with van der Waals surface area (Å²) in [5, 5.41) is 7.49. The summed E-state index contributed by atoms with van der Waals surface area (Å²) in [6.45, 7) is 7.76. The maximum absolute atomic E-state index is 5.67. The molecular formula is C16H21N3O2. The molecule has 5 heteroatoms. The Morgan fingerprint density at radius 1 is 1.33 bits per heavy atom. The molecule has 2 aromatic rings. The van der Waals surface area contributed by atoms with Gasteiger partial charge in [0.15, 0.2) is 0 Å². The summed E-state index contributed by atoms with van der Waals surface area (Å²) >= 11 is 0. The largest absolute Gasteiger partial charge is 0.493 e. The molecule has 0 aliphatic carbocycles. The Balaban J connectivity index is 1.90. The van der Waals surface area contributed by atoms with E-state index in [1.807, 2.05) is 20.8 Å². The van der Waals surface area contributed by atoms with E-state index in [2.05, 4.69) is 27.6 Å². The fourth-order valence-corrected chi connectivity index (χ4v) is 2.84. The lowest BCUT2D eigenvalue weighted by atomic mass is 10.1. The second kappa shape index (κ2) is 5.85. The maximum Gasteiger partial charge on any atom is 0.244 e. The minimum absolute atomic E-state index is 0.205. The zero-order valence-electron chi connectivity index (χ0n) is 12.8. The van der Waals surface area contributed by atoms with E-state index >= 15 is 0 Å². The summed E-state index contributed by atoms with van der Waals surface area (Å²) in [5.74, 6) is 2.28. The first-order valence-corrected chi connectivity index (χ1v) is 7.50. The van der Waals surface area contributed by atoms with Crippen LogP contribution in [0.25, 0.3) is 11.4 Å². The molecule has 2 heterocycles. The van der Waals surface area contributed by atoms with Crippen molar-refractivity contribution in [3.63, 3.8) is 0 Å². The lowest BCUT2D eigenvalue weighted by Gasteiger charge is -2.11. The van der Waals surface area contributed by atoms with Crippen LogP contribution in [-0.2, 0) is 0 Å². The number of nitrogens with zero attached hydrogens (tertiary/aromatic N) is 2. The van der Waals surface area contributed by atoms with Crippen LogP contribution in [0, 0.1) is 13.8 Å². The molecule has 1 aliphatic heterocycles. The third kappa shape index (κ3) is 2.78. The van der Waals surface area contributed by atoms with Gasteiger partial charge in [-0.15, -0.1) is 0 Å². The number of rotatable bonds is 4. The average Bonchev–Trinajstić information content (AvgIpc) is 3.12. The predicted octanol–water partition coefficient (Wildman–Crippen LogP) is 3.18. The van der Waals surface area contributed by atoms with Crippen molar-refractivity contribution in [3.05, 3.63) is 29.2 Å². The van der Waals surface area contributed by atoms with Crippen LogP contribution in [0.2, 0.25) is 0 Å². The fraction of sp³-hybridized carbons (Fsp3) is 0.500. The van der Waals surface area contributed by atoms with Crippen molar-refractivity contribution in [2.24, 2.45) is 0 Å². The van der Waals surface area contributed by atoms with Crippen LogP contribution in [0.1, 0.15) is 42.8 Å². The summed E-state index contributed by atoms with van der Waals surface area (Å²) in [6.07, 6.45) is 2.21. The van der Waals surface area contributed by atoms with Crippen molar-refractivity contribution >= 4 is 0 Å². The molecule has 1 unspecified atom stereocenters. The Labute approximate surface area is 124 Å². The number of hydrogen-bond acceptors (Lipinski definition) is 5. The molecule has 1 N–H and O–H groups in total. The highest BCUT2D eigenvalue weighted by Gasteiger charge is 2.23. The van der Waals surface area contributed by atoms with Gasteiger partial charge in [0.25, 0.3) is 0 Å². The average molecular weight is 287 g/mol. The van der Waals surface area contributed by atoms with Gasteiger partial charge in [0.2, 0.25) is 11.7 Å². The van der Waals surface area contributed by atoms with E-state index in [9.17, 15) is 0 Å². The Morgan fingerprint density at radius 2 is 2.10 bits per heavy atom. The SMILES string of the molecule is CCOc1c(C)cc(-c2noc(C3CCCN3)n2)cc1C. The monoisotopic (exact) mass is 287 g/mol. The molecule has 0 amide bonds. The highest BCUT2D eigenvalue weighted by molar-refractivity contribution is 5.61. The van der Waals surface area contributed by atoms with Gasteiger partial charge in [0.1, 0.15) is 5.75 Å². The molecule has 1 fully saturated rings. The number of aromatic nitrogens is 2. The topological polar surface area (TPSA) is 60.2 Å². The predicted molar refractivity (Wildman–Crippen MR) is 80.4 cm³/mol. The maximum atomic E-state index is 5.67. The number of nitrogens with one attached hydrogen (secondary N) is 1. The number of benzene rings is 1. The summed E-state index contributed by atoms with van der Waals surface area (Å²) in [5.41, 5.74) is 3.16. The van der Waals surface area contributed by atoms with Gasteiger partial charge < -0.3 is 14.6 Å². The second-order valence-electron chi connectivity index (χ2n) is 5.48. The quantitative estimate of drug-likeness (QED) is 0.936. The molecular weight excluding hydrogens is 266 g/mol. The Kier molecular flexibility index (Phi) is 3.92. The third-order valence-electron chi connectivity index (χ3n) is 3.81. The molecule has 0 bridgehead atoms. The second-order valence-corrected chi connectivity index (χ2v) is 5.48. The van der Waals surface area contributed by atoms with Crippen molar-refractivity contribution in [2.75, 3.05) is 13.2 Å². The minimum Gasteiger partial charge on any atom is -0.493 e. The number of hydrogen-bond donors (Lipinski definition) is 1. The summed E-state index contributed by atoms with van der Waals surface area (Å²) in [4.78, 5) is 4.54. The van der Waals surface area contributed by atoms with Gasteiger partial charge in [-0.1, -0.05) is 5.16 Å². The summed E-state index contributed by atoms with van der Waals surface area (Å²) in [7, 11) is 0. The first kappa shape index (κ1) is 14.1. The van der Waals surface area contributed by atoms with Crippen molar-refractivity contribution in [1.82, 2.24) is 15.5 Å². The Bertz CT molecular complexity index is 607. The molecule has 5 nitrogen and oxygen atoms in total. The van der Waals surface area contributed by atoms with E-state index in [0.29, 0.717) is 18.3 Å². The van der Waals surface area contributed by atoms with Crippen LogP contribution in [0.5, 0.6) is 5.75 Å². The molecule has 112 valence electrons. The molecule has 0 spiro atoms. The molecule has 0 saturated carbocycles. The smallest absolute Gasteiger partial charge is 0.244 e. The van der Waals surface area contributed by atoms with Gasteiger partial charge in [0.05, 0.1) is 12.6 Å². The molecule has 1 saturated heterocycles. The highest BCUT2D eigenvalue weighted by atomic mass is 16.5. The van der Waals surface area contributed by atoms with E-state index in [0.717, 1.165) is 41.8 Å². The van der Waals surface area contributed by atoms with Crippen molar-refractivity contribution in [1.29, 1.82) is 0 Å². The molecule has 1 aromatic heterocycles. The van der Waals surface area contributed by atoms with Crippen LogP contribution < -0.4 is 10.1 Å². The summed E-state index contributed by atoms with van der Waals surface area (Å²) in [6, 6.07) is 4.31. The van der Waals surface area contributed by atoms with E-state index < -0.39 is 0 Å². The van der Waals surface area contributed by atoms with Crippen LogP contribution in [-0.4, -0.2) is 23.3 Å². The molecule has 3 rings (SSSR count). The van der Waals surface area contributed by atoms with Crippen molar-refractivity contribution in [2.45, 2.75) is 39.7 Å². The van der Waals surface area contributed by atoms with Crippen LogP contribution >= 0.6 is 0 Å². The lowest BCUT2D eigenvalue weighted by molar-refractivity contribution is 0.335. The zero-order chi connectivity index (χ0) is 14.8. The van der Waals surface area contributed by atoms with Crippen LogP contribution in [0.4, 0.5) is 0 Å². The Morgan fingerprint density at radius 3 is 2.71 bits per heavy atom. The van der Waals surface area contributed by atoms with Gasteiger partial charge in [-0.2, -0.15) is 4.98 Å². The van der Waals surface area contributed by atoms with Gasteiger partial charge in [-0.25, -0.2) is 0 Å². The molecule has 1 aromatic carbocycles. The normalized spacial score (nSPS) is 18.1. The molecule has 0 radical (unpaired) electrons. The fourth-order valence-electron chi connectivity index (χ4n) is 2.84. The van der Waals surface area contributed by atoms with Gasteiger partial charge in [-0.05, 0) is 63.4 Å². The Hall–Kier alpha value is -1.88. The van der Waals surface area contributed by atoms with Gasteiger partial charge >= 0.3 is 0 Å². The number of ether oxygens (including phenoxy) is 1. The lowest BCUT2D eigenvalue weighted by Crippen LogP contribution is -2.12. The first-order chi connectivity index (χ1) is 10.2. The molecule has 1 atom stereocenters. The van der Waals surface area contributed by atoms with Crippen LogP contribution in [0.3, 0.4) is 0 Å². The van der Waals surface area contributed by atoms with E-state index in [4.69, 9.17) is 9.26 Å². The highest BCUT2D eigenvalue weighted by Crippen LogP contribution is 2.30. The molecule has 1 aliphatic rings. The third-order valence-corrected chi connectivity index (χ3v) is 3.81. The van der Waals surface area contributed by atoms with Gasteiger partial charge in [-0.3, -0.25) is 0 Å². The minimum atomic E-state index is 0.205. The van der Waals surface area contributed by atoms with E-state index in [1.54, 1.807) is 0 Å². The number of aryl methyl sites for hydroxylation is 2. The van der Waals surface area contributed by atoms with Crippen LogP contribution in [0.15, 0.2) is 16.7 Å². The molecule has 21 heavy (non-hydrogen) atoms. The first-order valence-electron chi connectivity index (χ1n) is 7.50. The van der Waals surface area contributed by atoms with Gasteiger partial charge in [0, 0.05) is 5.56 Å². The van der Waals surface area contributed by atoms with Crippen molar-refractivity contribution < 1.29 is 9.26 Å². The van der Waals surface area contributed by atoms with Crippen molar-refractivity contribution in [3.8, 4) is 17.1 Å². The van der Waals surface area contributed by atoms with E-state index in [1.165, 1.54) is 0 Å². The standard InChI is InChI=1S/C16H21N3O2/c1-4-20-14-10(2)8-12(9-11(14)3)15-18-16(21-19-15)13-6-5-7-17-13/h8-9,13,17H,4-7H2,1-3H3. The zero-order valence-corrected chi connectivity index (χ0v) is 12.8. The van der Waals surface area contributed by atoms with E-state index in [-0.39, 0.29) is 6.04 Å². The summed E-state index contributed by atoms with van der Waals surface area (Å²) < 4.78 is 11.1.